The number of fused-ring (bicyclic) bond motifs is 1. The first-order valence-corrected chi connectivity index (χ1v) is 8.95. The molecule has 0 fully saturated rings. The third-order valence-electron chi connectivity index (χ3n) is 3.84. The number of hydrogen-bond donors (Lipinski definition) is 3. The summed E-state index contributed by atoms with van der Waals surface area (Å²) in [7, 11) is 0. The Balaban J connectivity index is 1.66. The highest BCUT2D eigenvalue weighted by atomic mass is 16.6. The lowest BCUT2D eigenvalue weighted by atomic mass is 10.1. The molecule has 2 aromatic rings. The molecule has 0 radical (unpaired) electrons. The van der Waals surface area contributed by atoms with Crippen molar-refractivity contribution in [3.8, 4) is 22.8 Å². The number of nitrogen functional groups attached to an aromatic ring is 1. The highest BCUT2D eigenvalue weighted by molar-refractivity contribution is 5.76. The van der Waals surface area contributed by atoms with E-state index in [1.54, 1.807) is 33.0 Å². The van der Waals surface area contributed by atoms with Crippen LogP contribution in [-0.2, 0) is 11.2 Å². The molecular formula is C19H25N5O4. The second-order valence-corrected chi connectivity index (χ2v) is 7.47. The van der Waals surface area contributed by atoms with E-state index in [-0.39, 0.29) is 13.2 Å². The van der Waals surface area contributed by atoms with E-state index in [0.29, 0.717) is 35.2 Å². The first-order chi connectivity index (χ1) is 13.2. The van der Waals surface area contributed by atoms with Gasteiger partial charge in [-0.15, -0.1) is 0 Å². The van der Waals surface area contributed by atoms with Gasteiger partial charge in [0.05, 0.1) is 29.8 Å². The first kappa shape index (κ1) is 19.5. The molecule has 150 valence electrons. The minimum absolute atomic E-state index is 0.187. The van der Waals surface area contributed by atoms with Crippen LogP contribution in [0.2, 0.25) is 0 Å². The number of amides is 1. The molecule has 9 nitrogen and oxygen atoms in total. The molecule has 28 heavy (non-hydrogen) atoms. The van der Waals surface area contributed by atoms with E-state index in [9.17, 15) is 4.79 Å². The van der Waals surface area contributed by atoms with Crippen molar-refractivity contribution in [3.05, 3.63) is 30.1 Å². The van der Waals surface area contributed by atoms with Crippen molar-refractivity contribution in [1.29, 1.82) is 0 Å². The maximum Gasteiger partial charge on any atom is 0.407 e. The van der Waals surface area contributed by atoms with Crippen molar-refractivity contribution >= 4 is 11.9 Å². The summed E-state index contributed by atoms with van der Waals surface area (Å²) >= 11 is 0. The van der Waals surface area contributed by atoms with Gasteiger partial charge in [0.15, 0.2) is 11.5 Å². The number of nitrogens with one attached hydrogen (secondary N) is 2. The van der Waals surface area contributed by atoms with Crippen molar-refractivity contribution in [3.63, 3.8) is 0 Å². The molecule has 9 heteroatoms. The smallest absolute Gasteiger partial charge is 0.407 e. The number of H-pyrrole nitrogens is 1. The highest BCUT2D eigenvalue weighted by Crippen LogP contribution is 2.41. The molecule has 0 atom stereocenters. The lowest BCUT2D eigenvalue weighted by Gasteiger charge is -2.20. The Morgan fingerprint density at radius 3 is 2.93 bits per heavy atom. The zero-order valence-electron chi connectivity index (χ0n) is 16.3. The topological polar surface area (TPSA) is 124 Å². The molecular weight excluding hydrogens is 362 g/mol. The van der Waals surface area contributed by atoms with Gasteiger partial charge in [-0.2, -0.15) is 5.10 Å². The van der Waals surface area contributed by atoms with E-state index in [1.165, 1.54) is 0 Å². The van der Waals surface area contributed by atoms with Gasteiger partial charge in [0.1, 0.15) is 18.0 Å². The molecule has 1 aliphatic heterocycles. The summed E-state index contributed by atoms with van der Waals surface area (Å²) in [6, 6.07) is 1.71. The quantitative estimate of drug-likeness (QED) is 0.650. The van der Waals surface area contributed by atoms with Gasteiger partial charge in [0.25, 0.3) is 0 Å². The molecule has 1 amide bonds. The number of rotatable bonds is 6. The second kappa shape index (κ2) is 7.79. The van der Waals surface area contributed by atoms with Gasteiger partial charge in [0.2, 0.25) is 0 Å². The summed E-state index contributed by atoms with van der Waals surface area (Å²) in [6.45, 7) is 10.3. The zero-order valence-corrected chi connectivity index (χ0v) is 16.3. The maximum atomic E-state index is 11.7. The van der Waals surface area contributed by atoms with Crippen LogP contribution in [0.4, 0.5) is 10.6 Å². The summed E-state index contributed by atoms with van der Waals surface area (Å²) in [5, 5.41) is 9.51. The molecule has 3 rings (SSSR count). The lowest BCUT2D eigenvalue weighted by Crippen LogP contribution is -2.34. The number of nitrogens with zero attached hydrogens (tertiary/aromatic N) is 2. The Morgan fingerprint density at radius 2 is 2.25 bits per heavy atom. The Kier molecular flexibility index (Phi) is 5.43. The molecule has 0 unspecified atom stereocenters. The van der Waals surface area contributed by atoms with Crippen LogP contribution in [0.1, 0.15) is 26.5 Å². The zero-order chi connectivity index (χ0) is 20.3. The molecule has 0 bridgehead atoms. The number of hydrogen-bond acceptors (Lipinski definition) is 7. The summed E-state index contributed by atoms with van der Waals surface area (Å²) < 4.78 is 16.8. The molecule has 1 aliphatic rings. The minimum atomic E-state index is -0.557. The van der Waals surface area contributed by atoms with Crippen LogP contribution in [0.5, 0.6) is 11.5 Å². The fourth-order valence-electron chi connectivity index (χ4n) is 2.67. The van der Waals surface area contributed by atoms with Crippen LogP contribution >= 0.6 is 0 Å². The fourth-order valence-corrected chi connectivity index (χ4v) is 2.67. The van der Waals surface area contributed by atoms with Crippen LogP contribution in [0.25, 0.3) is 11.3 Å². The number of pyridine rings is 1. The number of alkyl carbamates (subject to hydrolysis) is 1. The number of nitrogens with two attached hydrogens (primary N) is 1. The SMILES string of the molecule is C=C(CNC(=O)OC(C)(C)C)COc1cnc2c(c1-c1cc(N)n[nH]1)OCC2. The standard InChI is InChI=1S/C19H25N5O4/c1-11(8-22-18(25)28-19(2,3)4)10-27-14-9-21-12-5-6-26-17(12)16(14)13-7-15(20)24-23-13/h7,9H,1,5-6,8,10H2,2-4H3,(H,22,25)(H3,20,23,24). The largest absolute Gasteiger partial charge is 0.490 e. The Labute approximate surface area is 163 Å². The molecule has 0 saturated carbocycles. The molecule has 0 aromatic carbocycles. The average Bonchev–Trinajstić information content (AvgIpc) is 3.24. The van der Waals surface area contributed by atoms with Gasteiger partial charge in [0, 0.05) is 19.0 Å². The van der Waals surface area contributed by atoms with Crippen molar-refractivity contribution in [2.75, 3.05) is 25.5 Å². The van der Waals surface area contributed by atoms with E-state index in [2.05, 4.69) is 27.1 Å². The predicted molar refractivity (Wildman–Crippen MR) is 104 cm³/mol. The molecule has 4 N–H and O–H groups in total. The summed E-state index contributed by atoms with van der Waals surface area (Å²) in [6.07, 6.45) is 1.88. The van der Waals surface area contributed by atoms with Crippen LogP contribution in [0, 0.1) is 0 Å². The van der Waals surface area contributed by atoms with E-state index in [0.717, 1.165) is 17.7 Å². The molecule has 0 saturated heterocycles. The number of anilines is 1. The third kappa shape index (κ3) is 4.73. The van der Waals surface area contributed by atoms with Crippen LogP contribution in [0.3, 0.4) is 0 Å². The highest BCUT2D eigenvalue weighted by Gasteiger charge is 2.24. The first-order valence-electron chi connectivity index (χ1n) is 8.95. The maximum absolute atomic E-state index is 11.7. The normalized spacial score (nSPS) is 12.8. The summed E-state index contributed by atoms with van der Waals surface area (Å²) in [4.78, 5) is 16.2. The summed E-state index contributed by atoms with van der Waals surface area (Å²) in [5.74, 6) is 1.55. The predicted octanol–water partition coefficient (Wildman–Crippen LogP) is 2.45. The minimum Gasteiger partial charge on any atom is -0.490 e. The average molecular weight is 387 g/mol. The van der Waals surface area contributed by atoms with E-state index in [4.69, 9.17) is 19.9 Å². The van der Waals surface area contributed by atoms with Gasteiger partial charge in [-0.25, -0.2) is 4.79 Å². The van der Waals surface area contributed by atoms with E-state index in [1.807, 2.05) is 0 Å². The number of carbonyl (C=O) groups is 1. The van der Waals surface area contributed by atoms with Gasteiger partial charge in [-0.3, -0.25) is 10.1 Å². The van der Waals surface area contributed by atoms with Crippen molar-refractivity contribution in [1.82, 2.24) is 20.5 Å². The number of ether oxygens (including phenoxy) is 3. The number of aromatic nitrogens is 3. The van der Waals surface area contributed by atoms with E-state index < -0.39 is 11.7 Å². The van der Waals surface area contributed by atoms with E-state index >= 15 is 0 Å². The Hall–Kier alpha value is -3.23. The van der Waals surface area contributed by atoms with Gasteiger partial charge in [-0.05, 0) is 26.3 Å². The molecule has 2 aromatic heterocycles. The van der Waals surface area contributed by atoms with Crippen LogP contribution in [-0.4, -0.2) is 46.6 Å². The summed E-state index contributed by atoms with van der Waals surface area (Å²) in [5.41, 5.74) is 8.12. The Bertz CT molecular complexity index is 885. The number of aromatic amines is 1. The molecule has 0 aliphatic carbocycles. The lowest BCUT2D eigenvalue weighted by molar-refractivity contribution is 0.0532. The molecule has 3 heterocycles. The van der Waals surface area contributed by atoms with Gasteiger partial charge >= 0.3 is 6.09 Å². The van der Waals surface area contributed by atoms with Crippen molar-refractivity contribution in [2.45, 2.75) is 32.8 Å². The van der Waals surface area contributed by atoms with Crippen molar-refractivity contribution in [2.24, 2.45) is 0 Å². The van der Waals surface area contributed by atoms with Crippen LogP contribution in [0.15, 0.2) is 24.4 Å². The van der Waals surface area contributed by atoms with Crippen LogP contribution < -0.4 is 20.5 Å². The van der Waals surface area contributed by atoms with Gasteiger partial charge in [-0.1, -0.05) is 6.58 Å². The number of carbonyl (C=O) groups excluding carboxylic acids is 1. The fraction of sp³-hybridized carbons (Fsp3) is 0.421. The van der Waals surface area contributed by atoms with Gasteiger partial charge < -0.3 is 25.3 Å². The van der Waals surface area contributed by atoms with Crippen molar-refractivity contribution < 1.29 is 19.0 Å². The third-order valence-corrected chi connectivity index (χ3v) is 3.84. The second-order valence-electron chi connectivity index (χ2n) is 7.47. The molecule has 0 spiro atoms. The monoisotopic (exact) mass is 387 g/mol. The Morgan fingerprint density at radius 1 is 1.46 bits per heavy atom.